The van der Waals surface area contributed by atoms with Gasteiger partial charge >= 0.3 is 0 Å². The Hall–Kier alpha value is -2.07. The Kier molecular flexibility index (Phi) is 14.0. The fourth-order valence-corrected chi connectivity index (χ4v) is 14.7. The summed E-state index contributed by atoms with van der Waals surface area (Å²) in [5.41, 5.74) is 5.73. The molecule has 0 aliphatic heterocycles. The van der Waals surface area contributed by atoms with Crippen LogP contribution in [0.4, 0.5) is 0 Å². The van der Waals surface area contributed by atoms with Crippen LogP contribution in [0.2, 0.25) is 0 Å². The summed E-state index contributed by atoms with van der Waals surface area (Å²) in [5.74, 6) is 2.21. The molecule has 4 aromatic carbocycles. The lowest BCUT2D eigenvalue weighted by Crippen LogP contribution is -2.39. The standard InChI is InChI=1S/C42H54O2S2Si2/c1-7-19-35(20-8-1)41(36-21-9-2-10-22-36,47-43-39-27-15-5-16-28-39)31-33-45-46-34-32-42(37-23-11-3-12-24-37,38-25-13-4-14-26-38)48-44-40-29-17-6-18-30-40/h1-4,7-14,19-26,39-40H,5-6,15-18,27-34,47-48H2. The van der Waals surface area contributed by atoms with Crippen LogP contribution < -0.4 is 0 Å². The molecule has 0 radical (unpaired) electrons. The second kappa shape index (κ2) is 18.8. The summed E-state index contributed by atoms with van der Waals surface area (Å²) in [6.07, 6.45) is 16.0. The smallest absolute Gasteiger partial charge is 0.176 e. The summed E-state index contributed by atoms with van der Waals surface area (Å²) in [4.78, 5) is 0. The molecular formula is C42H54O2S2Si2. The zero-order valence-corrected chi connectivity index (χ0v) is 33.1. The maximum absolute atomic E-state index is 6.97. The van der Waals surface area contributed by atoms with Crippen molar-refractivity contribution in [2.45, 2.75) is 99.3 Å². The van der Waals surface area contributed by atoms with Gasteiger partial charge in [-0.3, -0.25) is 0 Å². The average Bonchev–Trinajstić information content (AvgIpc) is 3.18. The summed E-state index contributed by atoms with van der Waals surface area (Å²) >= 11 is 0. The van der Waals surface area contributed by atoms with Crippen LogP contribution in [0.15, 0.2) is 121 Å². The van der Waals surface area contributed by atoms with E-state index in [9.17, 15) is 0 Å². The van der Waals surface area contributed by atoms with E-state index in [4.69, 9.17) is 8.85 Å². The molecule has 0 aromatic heterocycles. The Bertz CT molecular complexity index is 1250. The summed E-state index contributed by atoms with van der Waals surface area (Å²) in [5, 5.41) is -0.0434. The van der Waals surface area contributed by atoms with Crippen molar-refractivity contribution < 1.29 is 8.85 Å². The van der Waals surface area contributed by atoms with Gasteiger partial charge in [-0.15, -0.1) is 0 Å². The van der Waals surface area contributed by atoms with E-state index >= 15 is 0 Å². The predicted molar refractivity (Wildman–Crippen MR) is 214 cm³/mol. The van der Waals surface area contributed by atoms with E-state index in [1.54, 1.807) is 0 Å². The van der Waals surface area contributed by atoms with Gasteiger partial charge in [-0.05, 0) is 60.8 Å². The van der Waals surface area contributed by atoms with Gasteiger partial charge in [0, 0.05) is 33.8 Å². The number of rotatable bonds is 17. The van der Waals surface area contributed by atoms with Gasteiger partial charge in [0.2, 0.25) is 0 Å². The van der Waals surface area contributed by atoms with Crippen LogP contribution in [0, 0.1) is 0 Å². The number of benzene rings is 4. The van der Waals surface area contributed by atoms with Gasteiger partial charge in [0.25, 0.3) is 0 Å². The van der Waals surface area contributed by atoms with Crippen molar-refractivity contribution in [3.63, 3.8) is 0 Å². The zero-order chi connectivity index (χ0) is 32.7. The van der Waals surface area contributed by atoms with Crippen molar-refractivity contribution in [3.05, 3.63) is 144 Å². The lowest BCUT2D eigenvalue weighted by Gasteiger charge is -2.37. The summed E-state index contributed by atoms with van der Waals surface area (Å²) in [7, 11) is 2.32. The maximum atomic E-state index is 6.97. The van der Waals surface area contributed by atoms with Crippen LogP contribution in [0.5, 0.6) is 0 Å². The molecule has 2 fully saturated rings. The minimum Gasteiger partial charge on any atom is -0.420 e. The van der Waals surface area contributed by atoms with Crippen LogP contribution in [-0.4, -0.2) is 43.2 Å². The topological polar surface area (TPSA) is 18.5 Å². The Morgan fingerprint density at radius 1 is 0.438 bits per heavy atom. The van der Waals surface area contributed by atoms with E-state index in [1.807, 2.05) is 0 Å². The van der Waals surface area contributed by atoms with Gasteiger partial charge < -0.3 is 8.85 Å². The zero-order valence-electron chi connectivity index (χ0n) is 28.6. The lowest BCUT2D eigenvalue weighted by molar-refractivity contribution is 0.155. The number of hydrogen-bond donors (Lipinski definition) is 0. The molecule has 254 valence electrons. The minimum atomic E-state index is -0.905. The molecule has 0 amide bonds. The molecule has 6 heteroatoms. The fourth-order valence-electron chi connectivity index (χ4n) is 7.95. The monoisotopic (exact) mass is 710 g/mol. The van der Waals surface area contributed by atoms with Gasteiger partial charge in [0.05, 0.1) is 0 Å². The highest BCUT2D eigenvalue weighted by Crippen LogP contribution is 2.41. The first-order valence-electron chi connectivity index (χ1n) is 18.5. The molecule has 0 atom stereocenters. The van der Waals surface area contributed by atoms with Crippen molar-refractivity contribution in [2.24, 2.45) is 0 Å². The Balaban J connectivity index is 1.17. The summed E-state index contributed by atoms with van der Waals surface area (Å²) in [6.45, 7) is 0. The normalized spacial score (nSPS) is 17.1. The molecule has 2 nitrogen and oxygen atoms in total. The molecule has 48 heavy (non-hydrogen) atoms. The van der Waals surface area contributed by atoms with E-state index in [2.05, 4.69) is 143 Å². The maximum Gasteiger partial charge on any atom is 0.176 e. The van der Waals surface area contributed by atoms with Crippen molar-refractivity contribution in [2.75, 3.05) is 11.5 Å². The van der Waals surface area contributed by atoms with Crippen LogP contribution in [-0.2, 0) is 18.9 Å². The average molecular weight is 711 g/mol. The SMILES string of the molecule is c1ccc(C(CCSSCCC([SiH2]OC2CCCCC2)(c2ccccc2)c2ccccc2)([SiH2]OC2CCCCC2)c2ccccc2)cc1. The molecule has 0 spiro atoms. The van der Waals surface area contributed by atoms with Crippen molar-refractivity contribution in [1.29, 1.82) is 0 Å². The van der Waals surface area contributed by atoms with Gasteiger partial charge in [-0.2, -0.15) is 0 Å². The van der Waals surface area contributed by atoms with Gasteiger partial charge in [-0.25, -0.2) is 0 Å². The molecule has 0 heterocycles. The Labute approximate surface area is 302 Å². The first kappa shape index (κ1) is 35.7. The van der Waals surface area contributed by atoms with Crippen LogP contribution in [0.3, 0.4) is 0 Å². The summed E-state index contributed by atoms with van der Waals surface area (Å²) < 4.78 is 13.9. The van der Waals surface area contributed by atoms with E-state index in [0.29, 0.717) is 12.2 Å². The van der Waals surface area contributed by atoms with E-state index in [1.165, 1.54) is 86.5 Å². The fraction of sp³-hybridized carbons (Fsp3) is 0.429. The highest BCUT2D eigenvalue weighted by Gasteiger charge is 2.38. The second-order valence-electron chi connectivity index (χ2n) is 13.9. The highest BCUT2D eigenvalue weighted by atomic mass is 33.1. The molecule has 6 rings (SSSR count). The Morgan fingerprint density at radius 2 is 0.729 bits per heavy atom. The van der Waals surface area contributed by atoms with E-state index in [-0.39, 0.29) is 10.1 Å². The molecule has 0 unspecified atom stereocenters. The highest BCUT2D eigenvalue weighted by molar-refractivity contribution is 8.76. The third-order valence-corrected chi connectivity index (χ3v) is 17.9. The van der Waals surface area contributed by atoms with Crippen molar-refractivity contribution in [3.8, 4) is 0 Å². The van der Waals surface area contributed by atoms with Crippen LogP contribution in [0.1, 0.15) is 99.3 Å². The molecule has 2 aliphatic rings. The third kappa shape index (κ3) is 9.38. The largest absolute Gasteiger partial charge is 0.420 e. The van der Waals surface area contributed by atoms with E-state index in [0.717, 1.165) is 24.3 Å². The third-order valence-electron chi connectivity index (χ3n) is 10.8. The Morgan fingerprint density at radius 3 is 1.02 bits per heavy atom. The van der Waals surface area contributed by atoms with Crippen LogP contribution >= 0.6 is 21.6 Å². The predicted octanol–water partition coefficient (Wildman–Crippen LogP) is 9.90. The van der Waals surface area contributed by atoms with Gasteiger partial charge in [-0.1, -0.05) is 181 Å². The molecule has 2 saturated carbocycles. The summed E-state index contributed by atoms with van der Waals surface area (Å²) in [6, 6.07) is 45.2. The van der Waals surface area contributed by atoms with Crippen molar-refractivity contribution in [1.82, 2.24) is 0 Å². The molecule has 4 aromatic rings. The van der Waals surface area contributed by atoms with Crippen LogP contribution in [0.25, 0.3) is 0 Å². The van der Waals surface area contributed by atoms with Gasteiger partial charge in [0.1, 0.15) is 0 Å². The van der Waals surface area contributed by atoms with E-state index < -0.39 is 19.5 Å². The number of hydrogen-bond acceptors (Lipinski definition) is 4. The molecule has 2 aliphatic carbocycles. The molecule has 0 saturated heterocycles. The van der Waals surface area contributed by atoms with Crippen molar-refractivity contribution >= 4 is 41.1 Å². The molecule has 0 bridgehead atoms. The minimum absolute atomic E-state index is 0.0217. The lowest BCUT2D eigenvalue weighted by atomic mass is 9.87. The first-order valence-corrected chi connectivity index (χ1v) is 23.5. The quantitative estimate of drug-likeness (QED) is 0.0617. The van der Waals surface area contributed by atoms with Gasteiger partial charge in [0.15, 0.2) is 19.5 Å². The molecule has 0 N–H and O–H groups in total. The first-order chi connectivity index (χ1) is 23.8. The molecular weight excluding hydrogens is 657 g/mol. The second-order valence-corrected chi connectivity index (χ2v) is 20.3.